The number of aliphatic hydroxyl groups excluding tert-OH is 4. The Labute approximate surface area is 72.2 Å². The van der Waals surface area contributed by atoms with E-state index in [9.17, 15) is 8.78 Å². The van der Waals surface area contributed by atoms with Crippen LogP contribution in [0.3, 0.4) is 0 Å². The fraction of sp³-hybridized carbons (Fsp3) is 1.00. The van der Waals surface area contributed by atoms with E-state index in [2.05, 4.69) is 4.74 Å². The molecule has 4 N–H and O–H groups in total. The van der Waals surface area contributed by atoms with Gasteiger partial charge in [0.15, 0.2) is 6.10 Å². The molecule has 0 bridgehead atoms. The van der Waals surface area contributed by atoms with Gasteiger partial charge in [0, 0.05) is 0 Å². The molecular weight excluding hydrogens is 190 g/mol. The lowest BCUT2D eigenvalue weighted by Crippen LogP contribution is -2.62. The predicted molar refractivity (Wildman–Crippen MR) is 34.9 cm³/mol. The number of hydrogen-bond acceptors (Lipinski definition) is 5. The van der Waals surface area contributed by atoms with Crippen molar-refractivity contribution in [2.24, 2.45) is 0 Å². The number of hydrogen-bond donors (Lipinski definition) is 4. The van der Waals surface area contributed by atoms with Gasteiger partial charge in [-0.25, -0.2) is 0 Å². The molecule has 7 heteroatoms. The minimum atomic E-state index is -3.93. The third-order valence-electron chi connectivity index (χ3n) is 1.91. The lowest BCUT2D eigenvalue weighted by Gasteiger charge is -2.39. The maximum Gasteiger partial charge on any atom is 0.325 e. The fourth-order valence-corrected chi connectivity index (χ4v) is 1.06. The van der Waals surface area contributed by atoms with Gasteiger partial charge < -0.3 is 25.2 Å². The molecule has 1 fully saturated rings. The van der Waals surface area contributed by atoms with Crippen molar-refractivity contribution in [3.8, 4) is 0 Å². The van der Waals surface area contributed by atoms with Gasteiger partial charge in [0.05, 0.1) is 6.61 Å². The Balaban J connectivity index is 2.79. The molecule has 0 unspecified atom stereocenters. The van der Waals surface area contributed by atoms with Crippen LogP contribution >= 0.6 is 0 Å². The molecule has 0 radical (unpaired) electrons. The molecule has 1 saturated heterocycles. The lowest BCUT2D eigenvalue weighted by atomic mass is 9.98. The smallest absolute Gasteiger partial charge is 0.325 e. The van der Waals surface area contributed by atoms with Crippen molar-refractivity contribution in [2.45, 2.75) is 30.5 Å². The van der Waals surface area contributed by atoms with E-state index in [4.69, 9.17) is 20.4 Å². The summed E-state index contributed by atoms with van der Waals surface area (Å²) < 4.78 is 29.5. The zero-order chi connectivity index (χ0) is 10.2. The molecular formula is C6H10F2O5. The van der Waals surface area contributed by atoms with Gasteiger partial charge in [0.25, 0.3) is 0 Å². The molecule has 1 aliphatic rings. The van der Waals surface area contributed by atoms with Crippen LogP contribution in [0, 0.1) is 0 Å². The first-order valence-electron chi connectivity index (χ1n) is 3.59. The summed E-state index contributed by atoms with van der Waals surface area (Å²) in [6.45, 7) is -0.759. The van der Waals surface area contributed by atoms with Crippen molar-refractivity contribution in [3.63, 3.8) is 0 Å². The van der Waals surface area contributed by atoms with Crippen LogP contribution in [0.2, 0.25) is 0 Å². The van der Waals surface area contributed by atoms with E-state index < -0.39 is 37.1 Å². The van der Waals surface area contributed by atoms with Crippen LogP contribution in [0.15, 0.2) is 0 Å². The van der Waals surface area contributed by atoms with Gasteiger partial charge in [-0.05, 0) is 0 Å². The first-order chi connectivity index (χ1) is 5.91. The van der Waals surface area contributed by atoms with E-state index in [1.807, 2.05) is 0 Å². The van der Waals surface area contributed by atoms with E-state index in [1.165, 1.54) is 0 Å². The van der Waals surface area contributed by atoms with E-state index >= 15 is 0 Å². The topological polar surface area (TPSA) is 90.2 Å². The Morgan fingerprint density at radius 1 is 1.23 bits per heavy atom. The third-order valence-corrected chi connectivity index (χ3v) is 1.91. The fourth-order valence-electron chi connectivity index (χ4n) is 1.06. The van der Waals surface area contributed by atoms with E-state index in [-0.39, 0.29) is 0 Å². The summed E-state index contributed by atoms with van der Waals surface area (Å²) in [7, 11) is 0. The van der Waals surface area contributed by atoms with E-state index in [0.717, 1.165) is 0 Å². The summed E-state index contributed by atoms with van der Waals surface area (Å²) in [6, 6.07) is 0. The SMILES string of the molecule is OC[C@H]1O[C@H](O)C(F)(F)[C@@H](O)[C@@H]1O. The highest BCUT2D eigenvalue weighted by Crippen LogP contribution is 2.33. The van der Waals surface area contributed by atoms with Crippen molar-refractivity contribution >= 4 is 0 Å². The summed E-state index contributed by atoms with van der Waals surface area (Å²) in [4.78, 5) is 0. The van der Waals surface area contributed by atoms with Gasteiger partial charge in [-0.2, -0.15) is 8.78 Å². The monoisotopic (exact) mass is 200 g/mol. The molecule has 5 nitrogen and oxygen atoms in total. The van der Waals surface area contributed by atoms with Crippen LogP contribution < -0.4 is 0 Å². The highest BCUT2D eigenvalue weighted by atomic mass is 19.3. The molecule has 4 atom stereocenters. The Hall–Kier alpha value is -0.340. The lowest BCUT2D eigenvalue weighted by molar-refractivity contribution is -0.345. The molecule has 1 aliphatic heterocycles. The van der Waals surface area contributed by atoms with Gasteiger partial charge in [-0.3, -0.25) is 0 Å². The summed E-state index contributed by atoms with van der Waals surface area (Å²) in [6.07, 6.45) is -8.26. The Morgan fingerprint density at radius 2 is 1.77 bits per heavy atom. The van der Waals surface area contributed by atoms with Gasteiger partial charge in [-0.1, -0.05) is 0 Å². The van der Waals surface area contributed by atoms with Crippen molar-refractivity contribution in [2.75, 3.05) is 6.61 Å². The Morgan fingerprint density at radius 3 is 2.23 bits per heavy atom. The van der Waals surface area contributed by atoms with Crippen molar-refractivity contribution in [3.05, 3.63) is 0 Å². The number of rotatable bonds is 1. The van der Waals surface area contributed by atoms with Gasteiger partial charge in [-0.15, -0.1) is 0 Å². The number of halogens is 2. The Bertz CT molecular complexity index is 188. The second-order valence-corrected chi connectivity index (χ2v) is 2.82. The van der Waals surface area contributed by atoms with Crippen LogP contribution in [0.25, 0.3) is 0 Å². The zero-order valence-corrected chi connectivity index (χ0v) is 6.47. The Kier molecular flexibility index (Phi) is 2.83. The molecule has 1 heterocycles. The van der Waals surface area contributed by atoms with Gasteiger partial charge in [0.1, 0.15) is 12.2 Å². The third kappa shape index (κ3) is 1.65. The molecule has 0 aromatic rings. The molecule has 0 aromatic carbocycles. The average Bonchev–Trinajstić information content (AvgIpc) is 2.09. The highest BCUT2D eigenvalue weighted by molar-refractivity contribution is 4.93. The van der Waals surface area contributed by atoms with Crippen molar-refractivity contribution < 1.29 is 33.9 Å². The molecule has 0 saturated carbocycles. The first kappa shape index (κ1) is 10.7. The average molecular weight is 200 g/mol. The molecule has 0 aromatic heterocycles. The molecule has 0 amide bonds. The second kappa shape index (κ2) is 3.43. The highest BCUT2D eigenvalue weighted by Gasteiger charge is 2.56. The quantitative estimate of drug-likeness (QED) is 0.395. The molecule has 78 valence electrons. The minimum absolute atomic E-state index is 0.759. The maximum absolute atomic E-state index is 12.7. The maximum atomic E-state index is 12.7. The number of alkyl halides is 2. The summed E-state index contributed by atoms with van der Waals surface area (Å²) in [5.41, 5.74) is 0. The van der Waals surface area contributed by atoms with Gasteiger partial charge >= 0.3 is 5.92 Å². The first-order valence-corrected chi connectivity index (χ1v) is 3.59. The van der Waals surface area contributed by atoms with Crippen LogP contribution in [0.5, 0.6) is 0 Å². The van der Waals surface area contributed by atoms with Crippen LogP contribution in [0.1, 0.15) is 0 Å². The van der Waals surface area contributed by atoms with Crippen LogP contribution in [0.4, 0.5) is 8.78 Å². The van der Waals surface area contributed by atoms with Gasteiger partial charge in [0.2, 0.25) is 6.29 Å². The van der Waals surface area contributed by atoms with Crippen molar-refractivity contribution in [1.82, 2.24) is 0 Å². The predicted octanol–water partition coefficient (Wildman–Crippen LogP) is -1.95. The summed E-state index contributed by atoms with van der Waals surface area (Å²) in [5, 5.41) is 35.0. The summed E-state index contributed by atoms with van der Waals surface area (Å²) in [5.74, 6) is -3.93. The van der Waals surface area contributed by atoms with E-state index in [1.54, 1.807) is 0 Å². The number of ether oxygens (including phenoxy) is 1. The number of aliphatic hydroxyl groups is 4. The normalized spacial score (nSPS) is 44.8. The van der Waals surface area contributed by atoms with E-state index in [0.29, 0.717) is 0 Å². The standard InChI is InChI=1S/C6H10F2O5/c7-6(8)4(11)3(10)2(1-9)13-5(6)12/h2-5,9-12H,1H2/t2-,3-,4+,5+/m1/s1. The summed E-state index contributed by atoms with van der Waals surface area (Å²) >= 11 is 0. The molecule has 13 heavy (non-hydrogen) atoms. The molecule has 0 spiro atoms. The molecule has 1 rings (SSSR count). The second-order valence-electron chi connectivity index (χ2n) is 2.82. The largest absolute Gasteiger partial charge is 0.394 e. The van der Waals surface area contributed by atoms with Crippen LogP contribution in [-0.4, -0.2) is 57.6 Å². The minimum Gasteiger partial charge on any atom is -0.394 e. The zero-order valence-electron chi connectivity index (χ0n) is 6.47. The van der Waals surface area contributed by atoms with Crippen LogP contribution in [-0.2, 0) is 4.74 Å². The van der Waals surface area contributed by atoms with Crippen molar-refractivity contribution in [1.29, 1.82) is 0 Å². The molecule has 0 aliphatic carbocycles.